The Bertz CT molecular complexity index is 755. The van der Waals surface area contributed by atoms with Gasteiger partial charge in [-0.05, 0) is 24.6 Å². The van der Waals surface area contributed by atoms with Gasteiger partial charge in [-0.2, -0.15) is 4.68 Å². The van der Waals surface area contributed by atoms with Crippen molar-refractivity contribution in [1.82, 2.24) is 9.78 Å². The first-order valence-corrected chi connectivity index (χ1v) is 6.43. The minimum atomic E-state index is -1.11. The van der Waals surface area contributed by atoms with Crippen LogP contribution in [0, 0.1) is 0 Å². The fraction of sp³-hybridized carbons (Fsp3) is 0.231. The normalized spacial score (nSPS) is 14.2. The monoisotopic (exact) mass is 293 g/mol. The van der Waals surface area contributed by atoms with Gasteiger partial charge in [-0.25, -0.2) is 0 Å². The molecule has 7 heteroatoms. The molecule has 104 valence electrons. The van der Waals surface area contributed by atoms with E-state index in [1.54, 1.807) is 12.1 Å². The van der Waals surface area contributed by atoms with Crippen LogP contribution < -0.4 is 10.9 Å². The van der Waals surface area contributed by atoms with Crippen LogP contribution in [-0.2, 0) is 6.42 Å². The molecule has 0 saturated carbocycles. The van der Waals surface area contributed by atoms with Crippen LogP contribution in [0.3, 0.4) is 0 Å². The summed E-state index contributed by atoms with van der Waals surface area (Å²) >= 11 is 5.92. The van der Waals surface area contributed by atoms with Crippen molar-refractivity contribution in [3.8, 4) is 5.88 Å². The number of anilines is 2. The summed E-state index contributed by atoms with van der Waals surface area (Å²) in [4.78, 5) is 12.2. The number of nitrogens with zero attached hydrogens (tertiary/aromatic N) is 2. The predicted octanol–water partition coefficient (Wildman–Crippen LogP) is 1.76. The molecule has 0 saturated heterocycles. The molecule has 2 heterocycles. The van der Waals surface area contributed by atoms with Crippen LogP contribution in [-0.4, -0.2) is 20.0 Å². The molecule has 3 rings (SSSR count). The van der Waals surface area contributed by atoms with E-state index >= 15 is 0 Å². The Morgan fingerprint density at radius 3 is 2.95 bits per heavy atom. The van der Waals surface area contributed by atoms with Crippen molar-refractivity contribution in [2.45, 2.75) is 19.6 Å². The average Bonchev–Trinajstić information content (AvgIpc) is 2.40. The summed E-state index contributed by atoms with van der Waals surface area (Å²) in [7, 11) is 0. The molecule has 0 fully saturated rings. The van der Waals surface area contributed by atoms with Gasteiger partial charge in [0.2, 0.25) is 0 Å². The van der Waals surface area contributed by atoms with Gasteiger partial charge in [0, 0.05) is 17.1 Å². The third kappa shape index (κ3) is 1.93. The molecule has 1 aliphatic heterocycles. The number of aliphatic hydroxyl groups excluding tert-OH is 1. The molecular weight excluding hydrogens is 282 g/mol. The largest absolute Gasteiger partial charge is 0.491 e. The molecule has 20 heavy (non-hydrogen) atoms. The molecule has 0 radical (unpaired) electrons. The van der Waals surface area contributed by atoms with Crippen molar-refractivity contribution in [3.63, 3.8) is 0 Å². The fourth-order valence-corrected chi connectivity index (χ4v) is 2.44. The first-order valence-electron chi connectivity index (χ1n) is 6.05. The van der Waals surface area contributed by atoms with Gasteiger partial charge >= 0.3 is 0 Å². The van der Waals surface area contributed by atoms with Crippen molar-refractivity contribution in [2.75, 3.05) is 5.32 Å². The van der Waals surface area contributed by atoms with Crippen LogP contribution >= 0.6 is 11.6 Å². The third-order valence-corrected chi connectivity index (χ3v) is 3.48. The Labute approximate surface area is 119 Å². The molecule has 1 aromatic carbocycles. The minimum absolute atomic E-state index is 0.265. The number of aromatic nitrogens is 2. The Morgan fingerprint density at radius 1 is 1.50 bits per heavy atom. The Balaban J connectivity index is 2.19. The lowest BCUT2D eigenvalue weighted by Gasteiger charge is -2.22. The predicted molar refractivity (Wildman–Crippen MR) is 74.6 cm³/mol. The number of nitrogens with one attached hydrogen (secondary N) is 1. The van der Waals surface area contributed by atoms with E-state index in [4.69, 9.17) is 11.6 Å². The van der Waals surface area contributed by atoms with E-state index in [1.807, 2.05) is 6.07 Å². The Morgan fingerprint density at radius 2 is 2.25 bits per heavy atom. The third-order valence-electron chi connectivity index (χ3n) is 3.25. The summed E-state index contributed by atoms with van der Waals surface area (Å²) in [6.07, 6.45) is -0.762. The smallest absolute Gasteiger partial charge is 0.275 e. The number of fused-ring (bicyclic) bond motifs is 2. The summed E-state index contributed by atoms with van der Waals surface area (Å²) in [5.74, 6) is -0.328. The van der Waals surface area contributed by atoms with Crippen molar-refractivity contribution >= 4 is 23.0 Å². The first-order chi connectivity index (χ1) is 9.47. The van der Waals surface area contributed by atoms with Crippen LogP contribution in [0.2, 0.25) is 5.02 Å². The summed E-state index contributed by atoms with van der Waals surface area (Å²) in [5, 5.41) is 26.7. The highest BCUT2D eigenvalue weighted by atomic mass is 35.5. The van der Waals surface area contributed by atoms with E-state index in [0.29, 0.717) is 17.0 Å². The molecule has 3 N–H and O–H groups in total. The van der Waals surface area contributed by atoms with Crippen molar-refractivity contribution in [2.24, 2.45) is 0 Å². The molecule has 1 aliphatic rings. The minimum Gasteiger partial charge on any atom is -0.491 e. The maximum atomic E-state index is 12.2. The zero-order valence-corrected chi connectivity index (χ0v) is 11.3. The highest BCUT2D eigenvalue weighted by molar-refractivity contribution is 6.30. The van der Waals surface area contributed by atoms with Gasteiger partial charge in [0.15, 0.2) is 0 Å². The molecule has 0 spiro atoms. The summed E-state index contributed by atoms with van der Waals surface area (Å²) in [6.45, 7) is 1.41. The molecule has 6 nitrogen and oxygen atoms in total. The number of aliphatic hydroxyl groups is 1. The fourth-order valence-electron chi connectivity index (χ4n) is 2.27. The average molecular weight is 294 g/mol. The van der Waals surface area contributed by atoms with Gasteiger partial charge < -0.3 is 15.5 Å². The maximum Gasteiger partial charge on any atom is 0.275 e. The highest BCUT2D eigenvalue weighted by Gasteiger charge is 2.24. The van der Waals surface area contributed by atoms with Crippen LogP contribution in [0.25, 0.3) is 0 Å². The zero-order chi connectivity index (χ0) is 14.4. The second-order valence-electron chi connectivity index (χ2n) is 4.66. The molecule has 1 atom stereocenters. The molecule has 2 aromatic rings. The lowest BCUT2D eigenvalue weighted by Crippen LogP contribution is -2.31. The molecular formula is C13H12ClN3O3. The number of benzene rings is 1. The number of aromatic hydroxyl groups is 1. The van der Waals surface area contributed by atoms with Crippen LogP contribution in [0.15, 0.2) is 23.0 Å². The van der Waals surface area contributed by atoms with Crippen LogP contribution in [0.5, 0.6) is 5.88 Å². The van der Waals surface area contributed by atoms with E-state index in [-0.39, 0.29) is 11.6 Å². The molecule has 1 aromatic heterocycles. The lowest BCUT2D eigenvalue weighted by atomic mass is 9.99. The van der Waals surface area contributed by atoms with Crippen molar-refractivity contribution in [1.29, 1.82) is 0 Å². The number of hydrogen-bond acceptors (Lipinski definition) is 5. The number of halogens is 1. The molecule has 1 unspecified atom stereocenters. The maximum absolute atomic E-state index is 12.2. The molecule has 0 aliphatic carbocycles. The van der Waals surface area contributed by atoms with Crippen LogP contribution in [0.1, 0.15) is 24.3 Å². The van der Waals surface area contributed by atoms with Gasteiger partial charge in [0.05, 0.1) is 5.56 Å². The van der Waals surface area contributed by atoms with Crippen molar-refractivity contribution in [3.05, 3.63) is 44.7 Å². The second kappa shape index (κ2) is 4.50. The standard InChI is InChI=1S/C13H12ClN3O3/c1-6(18)17-13(20)9-4-7-2-3-8(14)5-10(7)15-11(9)12(19)16-17/h2-3,5-6,15,18H,4H2,1H3,(H,16,19). The quantitative estimate of drug-likeness (QED) is 0.636. The van der Waals surface area contributed by atoms with Gasteiger partial charge in [0.1, 0.15) is 11.9 Å². The summed E-state index contributed by atoms with van der Waals surface area (Å²) in [6, 6.07) is 5.28. The SMILES string of the molecule is CC(O)n1nc(O)c2c(c1=O)Cc1ccc(Cl)cc1N2. The van der Waals surface area contributed by atoms with E-state index in [9.17, 15) is 15.0 Å². The van der Waals surface area contributed by atoms with Gasteiger partial charge in [-0.1, -0.05) is 17.7 Å². The van der Waals surface area contributed by atoms with Crippen molar-refractivity contribution < 1.29 is 10.2 Å². The summed E-state index contributed by atoms with van der Waals surface area (Å²) < 4.78 is 0.858. The van der Waals surface area contributed by atoms with Gasteiger partial charge in [0.25, 0.3) is 11.4 Å². The summed E-state index contributed by atoms with van der Waals surface area (Å²) in [5.41, 5.74) is 1.83. The Hall–Kier alpha value is -2.05. The molecule has 0 bridgehead atoms. The highest BCUT2D eigenvalue weighted by Crippen LogP contribution is 2.36. The van der Waals surface area contributed by atoms with E-state index in [1.165, 1.54) is 6.92 Å². The van der Waals surface area contributed by atoms with Gasteiger partial charge in [-0.3, -0.25) is 4.79 Å². The van der Waals surface area contributed by atoms with E-state index < -0.39 is 11.8 Å². The number of hydrogen-bond donors (Lipinski definition) is 3. The van der Waals surface area contributed by atoms with E-state index in [2.05, 4.69) is 10.4 Å². The zero-order valence-electron chi connectivity index (χ0n) is 10.6. The lowest BCUT2D eigenvalue weighted by molar-refractivity contribution is 0.102. The first kappa shape index (κ1) is 13.0. The van der Waals surface area contributed by atoms with E-state index in [0.717, 1.165) is 15.9 Å². The van der Waals surface area contributed by atoms with Gasteiger partial charge in [-0.15, -0.1) is 5.10 Å². The Kier molecular flexibility index (Phi) is 2.92. The van der Waals surface area contributed by atoms with Crippen LogP contribution in [0.4, 0.5) is 11.4 Å². The number of rotatable bonds is 1. The second-order valence-corrected chi connectivity index (χ2v) is 5.10. The topological polar surface area (TPSA) is 87.4 Å². The molecule has 0 amide bonds.